The highest BCUT2D eigenvalue weighted by Crippen LogP contribution is 2.20. The van der Waals surface area contributed by atoms with Gasteiger partial charge in [0.15, 0.2) is 0 Å². The molecule has 7 nitrogen and oxygen atoms in total. The van der Waals surface area contributed by atoms with E-state index in [2.05, 4.69) is 15.6 Å². The van der Waals surface area contributed by atoms with Crippen molar-refractivity contribution in [2.75, 3.05) is 5.32 Å². The minimum atomic E-state index is -0.235. The summed E-state index contributed by atoms with van der Waals surface area (Å²) in [5.41, 5.74) is 2.53. The zero-order valence-corrected chi connectivity index (χ0v) is 16.1. The summed E-state index contributed by atoms with van der Waals surface area (Å²) in [5, 5.41) is 6.26. The van der Waals surface area contributed by atoms with E-state index in [1.54, 1.807) is 30.3 Å². The SMILES string of the molecule is Cc1cccc2c(=O)n(CCC(=O)Nc3cccc(C(=O)NC4CC4)c3)cnc12. The molecule has 0 aliphatic heterocycles. The fraction of sp³-hybridized carbons (Fsp3) is 0.273. The molecule has 2 amide bonds. The lowest BCUT2D eigenvalue weighted by molar-refractivity contribution is -0.116. The third-order valence-electron chi connectivity index (χ3n) is 4.96. The van der Waals surface area contributed by atoms with Crippen LogP contribution >= 0.6 is 0 Å². The lowest BCUT2D eigenvalue weighted by Gasteiger charge is -2.10. The van der Waals surface area contributed by atoms with Crippen molar-refractivity contribution in [3.05, 3.63) is 70.3 Å². The van der Waals surface area contributed by atoms with Crippen molar-refractivity contribution in [2.45, 2.75) is 38.8 Å². The zero-order valence-electron chi connectivity index (χ0n) is 16.1. The first kappa shape index (κ1) is 18.9. The monoisotopic (exact) mass is 390 g/mol. The molecule has 7 heteroatoms. The molecule has 0 spiro atoms. The molecule has 148 valence electrons. The Balaban J connectivity index is 1.40. The number of hydrogen-bond donors (Lipinski definition) is 2. The van der Waals surface area contributed by atoms with Crippen molar-refractivity contribution in [1.29, 1.82) is 0 Å². The van der Waals surface area contributed by atoms with E-state index in [1.165, 1.54) is 10.9 Å². The normalized spacial score (nSPS) is 13.3. The van der Waals surface area contributed by atoms with Crippen LogP contribution in [0.2, 0.25) is 0 Å². The molecule has 2 N–H and O–H groups in total. The lowest BCUT2D eigenvalue weighted by atomic mass is 10.1. The molecule has 0 bridgehead atoms. The van der Waals surface area contributed by atoms with Gasteiger partial charge >= 0.3 is 0 Å². The predicted molar refractivity (Wildman–Crippen MR) is 111 cm³/mol. The van der Waals surface area contributed by atoms with Gasteiger partial charge in [0.2, 0.25) is 5.91 Å². The van der Waals surface area contributed by atoms with Gasteiger partial charge in [0.05, 0.1) is 17.2 Å². The highest BCUT2D eigenvalue weighted by Gasteiger charge is 2.23. The molecule has 29 heavy (non-hydrogen) atoms. The van der Waals surface area contributed by atoms with E-state index in [1.807, 2.05) is 19.1 Å². The summed E-state index contributed by atoms with van der Waals surface area (Å²) in [6.45, 7) is 2.13. The van der Waals surface area contributed by atoms with E-state index in [0.717, 1.165) is 18.4 Å². The molecule has 1 aromatic heterocycles. The van der Waals surface area contributed by atoms with Crippen LogP contribution in [0.25, 0.3) is 10.9 Å². The Bertz CT molecular complexity index is 1150. The quantitative estimate of drug-likeness (QED) is 0.677. The number of nitrogens with one attached hydrogen (secondary N) is 2. The molecule has 2 aromatic carbocycles. The zero-order chi connectivity index (χ0) is 20.4. The van der Waals surface area contributed by atoms with Crippen molar-refractivity contribution < 1.29 is 9.59 Å². The minimum absolute atomic E-state index is 0.122. The van der Waals surface area contributed by atoms with Crippen LogP contribution in [0.4, 0.5) is 5.69 Å². The highest BCUT2D eigenvalue weighted by molar-refractivity contribution is 5.97. The number of amides is 2. The summed E-state index contributed by atoms with van der Waals surface area (Å²) in [4.78, 5) is 41.4. The Morgan fingerprint density at radius 3 is 2.76 bits per heavy atom. The van der Waals surface area contributed by atoms with Gasteiger partial charge in [-0.15, -0.1) is 0 Å². The largest absolute Gasteiger partial charge is 0.349 e. The number of anilines is 1. The van der Waals surface area contributed by atoms with Crippen LogP contribution in [0.15, 0.2) is 53.6 Å². The van der Waals surface area contributed by atoms with Gasteiger partial charge in [0.1, 0.15) is 0 Å². The Labute approximate surface area is 167 Å². The van der Waals surface area contributed by atoms with Gasteiger partial charge in [-0.2, -0.15) is 0 Å². The first-order chi connectivity index (χ1) is 14.0. The fourth-order valence-corrected chi connectivity index (χ4v) is 3.18. The molecule has 0 unspecified atom stereocenters. The van der Waals surface area contributed by atoms with E-state index in [4.69, 9.17) is 0 Å². The summed E-state index contributed by atoms with van der Waals surface area (Å²) in [7, 11) is 0. The Hall–Kier alpha value is -3.48. The van der Waals surface area contributed by atoms with Gasteiger partial charge < -0.3 is 10.6 Å². The van der Waals surface area contributed by atoms with E-state index < -0.39 is 0 Å². The molecule has 0 saturated heterocycles. The summed E-state index contributed by atoms with van der Waals surface area (Å²) < 4.78 is 1.45. The number of carbonyl (C=O) groups excluding carboxylic acids is 2. The number of carbonyl (C=O) groups is 2. The molecule has 1 saturated carbocycles. The van der Waals surface area contributed by atoms with Crippen molar-refractivity contribution in [3.63, 3.8) is 0 Å². The molecule has 1 aliphatic rings. The predicted octanol–water partition coefficient (Wildman–Crippen LogP) is 2.63. The highest BCUT2D eigenvalue weighted by atomic mass is 16.2. The van der Waals surface area contributed by atoms with Crippen LogP contribution in [0.1, 0.15) is 35.2 Å². The number of fused-ring (bicyclic) bond motifs is 1. The number of para-hydroxylation sites is 1. The number of rotatable bonds is 6. The molecular weight excluding hydrogens is 368 g/mol. The maximum Gasteiger partial charge on any atom is 0.261 e. The van der Waals surface area contributed by atoms with Crippen LogP contribution in [-0.2, 0) is 11.3 Å². The maximum atomic E-state index is 12.6. The molecular formula is C22H22N4O3. The summed E-state index contributed by atoms with van der Waals surface area (Å²) >= 11 is 0. The van der Waals surface area contributed by atoms with Gasteiger partial charge in [0.25, 0.3) is 11.5 Å². The first-order valence-corrected chi connectivity index (χ1v) is 9.67. The van der Waals surface area contributed by atoms with Gasteiger partial charge in [-0.1, -0.05) is 18.2 Å². The van der Waals surface area contributed by atoms with Crippen molar-refractivity contribution in [1.82, 2.24) is 14.9 Å². The summed E-state index contributed by atoms with van der Waals surface area (Å²) in [6.07, 6.45) is 3.64. The van der Waals surface area contributed by atoms with E-state index >= 15 is 0 Å². The molecule has 0 atom stereocenters. The Morgan fingerprint density at radius 1 is 1.17 bits per heavy atom. The standard InChI is InChI=1S/C22H22N4O3/c1-14-4-2-7-18-20(14)23-13-26(22(18)29)11-10-19(27)24-17-6-3-5-15(12-17)21(28)25-16-8-9-16/h2-7,12-13,16H,8-11H2,1H3,(H,24,27)(H,25,28). The molecule has 3 aromatic rings. The van der Waals surface area contributed by atoms with E-state index in [-0.39, 0.29) is 36.4 Å². The van der Waals surface area contributed by atoms with Crippen molar-refractivity contribution in [3.8, 4) is 0 Å². The van der Waals surface area contributed by atoms with Crippen molar-refractivity contribution in [2.24, 2.45) is 0 Å². The van der Waals surface area contributed by atoms with Gasteiger partial charge in [0, 0.05) is 30.3 Å². The smallest absolute Gasteiger partial charge is 0.261 e. The lowest BCUT2D eigenvalue weighted by Crippen LogP contribution is -2.25. The van der Waals surface area contributed by atoms with Crippen molar-refractivity contribution >= 4 is 28.4 Å². The second-order valence-electron chi connectivity index (χ2n) is 7.34. The molecule has 1 aliphatic carbocycles. The third kappa shape index (κ3) is 4.34. The van der Waals surface area contributed by atoms with Gasteiger partial charge in [-0.3, -0.25) is 19.0 Å². The fourth-order valence-electron chi connectivity index (χ4n) is 3.18. The average Bonchev–Trinajstić information content (AvgIpc) is 3.52. The van der Waals surface area contributed by atoms with Crippen LogP contribution in [0.3, 0.4) is 0 Å². The second-order valence-corrected chi connectivity index (χ2v) is 7.34. The van der Waals surface area contributed by atoms with Crippen LogP contribution < -0.4 is 16.2 Å². The number of benzene rings is 2. The number of aryl methyl sites for hydroxylation is 2. The first-order valence-electron chi connectivity index (χ1n) is 9.67. The number of aromatic nitrogens is 2. The molecule has 4 rings (SSSR count). The summed E-state index contributed by atoms with van der Waals surface area (Å²) in [5.74, 6) is -0.367. The second kappa shape index (κ2) is 7.87. The molecule has 0 radical (unpaired) electrons. The van der Waals surface area contributed by atoms with Gasteiger partial charge in [-0.05, 0) is 49.6 Å². The van der Waals surface area contributed by atoms with E-state index in [0.29, 0.717) is 22.2 Å². The number of hydrogen-bond acceptors (Lipinski definition) is 4. The summed E-state index contributed by atoms with van der Waals surface area (Å²) in [6, 6.07) is 12.6. The van der Waals surface area contributed by atoms with Gasteiger partial charge in [-0.25, -0.2) is 4.98 Å². The van der Waals surface area contributed by atoms with Crippen LogP contribution in [0, 0.1) is 6.92 Å². The molecule has 1 fully saturated rings. The maximum absolute atomic E-state index is 12.6. The molecule has 1 heterocycles. The third-order valence-corrected chi connectivity index (χ3v) is 4.96. The minimum Gasteiger partial charge on any atom is -0.349 e. The number of nitrogens with zero attached hydrogens (tertiary/aromatic N) is 2. The van der Waals surface area contributed by atoms with E-state index in [9.17, 15) is 14.4 Å². The topological polar surface area (TPSA) is 93.1 Å². The Morgan fingerprint density at radius 2 is 1.97 bits per heavy atom. The average molecular weight is 390 g/mol. The Kier molecular flexibility index (Phi) is 5.12. The van der Waals surface area contributed by atoms with Crippen LogP contribution in [0.5, 0.6) is 0 Å². The van der Waals surface area contributed by atoms with Crippen LogP contribution in [-0.4, -0.2) is 27.4 Å².